The van der Waals surface area contributed by atoms with Crippen molar-refractivity contribution in [2.45, 2.75) is 50.7 Å². The molecule has 2 aromatic carbocycles. The van der Waals surface area contributed by atoms with Crippen molar-refractivity contribution in [2.24, 2.45) is 11.8 Å². The molecule has 4 unspecified atom stereocenters. The second kappa shape index (κ2) is 8.24. The van der Waals surface area contributed by atoms with Crippen LogP contribution in [0.5, 0.6) is 11.5 Å². The lowest BCUT2D eigenvalue weighted by Crippen LogP contribution is -2.36. The van der Waals surface area contributed by atoms with Crippen molar-refractivity contribution in [3.05, 3.63) is 59.7 Å². The first-order chi connectivity index (χ1) is 14.6. The Balaban J connectivity index is 1.40. The van der Waals surface area contributed by atoms with Crippen LogP contribution in [-0.2, 0) is 14.9 Å². The van der Waals surface area contributed by atoms with Crippen LogP contribution in [-0.4, -0.2) is 38.6 Å². The molecule has 30 heavy (non-hydrogen) atoms. The fourth-order valence-electron chi connectivity index (χ4n) is 5.21. The molecule has 5 rings (SSSR count). The molecule has 0 bridgehead atoms. The van der Waals surface area contributed by atoms with Crippen molar-refractivity contribution < 1.29 is 18.9 Å². The van der Waals surface area contributed by atoms with Crippen molar-refractivity contribution in [1.82, 2.24) is 0 Å². The van der Waals surface area contributed by atoms with Gasteiger partial charge in [-0.2, -0.15) is 0 Å². The average molecular weight is 409 g/mol. The highest BCUT2D eigenvalue weighted by Gasteiger charge is 2.40. The van der Waals surface area contributed by atoms with Crippen LogP contribution in [0, 0.1) is 11.8 Å². The normalized spacial score (nSPS) is 32.5. The first-order valence-electron chi connectivity index (χ1n) is 11.3. The minimum atomic E-state index is 0.0351. The predicted molar refractivity (Wildman–Crippen MR) is 116 cm³/mol. The molecule has 160 valence electrons. The summed E-state index contributed by atoms with van der Waals surface area (Å²) in [5.74, 6) is 3.24. The Hall–Kier alpha value is -2.04. The molecule has 4 atom stereocenters. The van der Waals surface area contributed by atoms with E-state index >= 15 is 0 Å². The van der Waals surface area contributed by atoms with Crippen molar-refractivity contribution in [3.63, 3.8) is 0 Å². The van der Waals surface area contributed by atoms with Gasteiger partial charge in [-0.25, -0.2) is 0 Å². The van der Waals surface area contributed by atoms with Crippen LogP contribution in [0.15, 0.2) is 48.5 Å². The molecule has 0 aromatic heterocycles. The summed E-state index contributed by atoms with van der Waals surface area (Å²) in [5.41, 5.74) is 2.81. The largest absolute Gasteiger partial charge is 0.491 e. The molecule has 0 amide bonds. The number of epoxide rings is 2. The second-order valence-electron chi connectivity index (χ2n) is 9.52. The van der Waals surface area contributed by atoms with Crippen LogP contribution in [0.1, 0.15) is 44.2 Å². The Morgan fingerprint density at radius 2 is 1.13 bits per heavy atom. The minimum absolute atomic E-state index is 0.0351. The Kier molecular flexibility index (Phi) is 5.46. The number of rotatable bonds is 8. The molecule has 2 saturated heterocycles. The van der Waals surface area contributed by atoms with Crippen molar-refractivity contribution in [1.29, 1.82) is 0 Å². The summed E-state index contributed by atoms with van der Waals surface area (Å²) in [4.78, 5) is 0. The van der Waals surface area contributed by atoms with E-state index in [0.717, 1.165) is 24.7 Å². The highest BCUT2D eigenvalue weighted by atomic mass is 16.6. The number of hydrogen-bond donors (Lipinski definition) is 0. The predicted octanol–water partition coefficient (Wildman–Crippen LogP) is 4.98. The number of hydrogen-bond acceptors (Lipinski definition) is 4. The van der Waals surface area contributed by atoms with Gasteiger partial charge in [-0.1, -0.05) is 38.1 Å². The van der Waals surface area contributed by atoms with E-state index in [1.54, 1.807) is 0 Å². The summed E-state index contributed by atoms with van der Waals surface area (Å²) in [6.07, 6.45) is 4.20. The maximum atomic E-state index is 5.87. The molecule has 3 fully saturated rings. The highest BCUT2D eigenvalue weighted by Crippen LogP contribution is 2.49. The van der Waals surface area contributed by atoms with Gasteiger partial charge in [0.05, 0.1) is 13.2 Å². The van der Waals surface area contributed by atoms with E-state index in [2.05, 4.69) is 62.4 Å². The summed E-state index contributed by atoms with van der Waals surface area (Å²) in [6.45, 7) is 7.72. The van der Waals surface area contributed by atoms with Crippen LogP contribution < -0.4 is 9.47 Å². The highest BCUT2D eigenvalue weighted by molar-refractivity contribution is 5.44. The SMILES string of the molecule is CC1CC(C)CC(c2ccc(OCC3CO3)cc2)(c2ccc(OCC3CO3)cc2)C1. The summed E-state index contributed by atoms with van der Waals surface area (Å²) < 4.78 is 22.2. The summed E-state index contributed by atoms with van der Waals surface area (Å²) >= 11 is 0. The van der Waals surface area contributed by atoms with Crippen molar-refractivity contribution in [2.75, 3.05) is 26.4 Å². The zero-order valence-electron chi connectivity index (χ0n) is 18.0. The molecule has 2 heterocycles. The van der Waals surface area contributed by atoms with E-state index in [9.17, 15) is 0 Å². The van der Waals surface area contributed by atoms with Gasteiger partial charge >= 0.3 is 0 Å². The fraction of sp³-hybridized carbons (Fsp3) is 0.538. The monoisotopic (exact) mass is 408 g/mol. The smallest absolute Gasteiger partial charge is 0.119 e. The molecule has 2 aliphatic heterocycles. The molecule has 4 heteroatoms. The van der Waals surface area contributed by atoms with Crippen LogP contribution in [0.3, 0.4) is 0 Å². The van der Waals surface area contributed by atoms with Gasteiger partial charge in [0.1, 0.15) is 36.9 Å². The lowest BCUT2D eigenvalue weighted by molar-refractivity contribution is 0.210. The Morgan fingerprint density at radius 3 is 1.50 bits per heavy atom. The third kappa shape index (κ3) is 4.50. The quantitative estimate of drug-likeness (QED) is 0.578. The van der Waals surface area contributed by atoms with Gasteiger partial charge in [-0.05, 0) is 66.5 Å². The third-order valence-corrected chi connectivity index (χ3v) is 6.69. The summed E-state index contributed by atoms with van der Waals surface area (Å²) in [6, 6.07) is 17.6. The van der Waals surface area contributed by atoms with Crippen LogP contribution in [0.4, 0.5) is 0 Å². The van der Waals surface area contributed by atoms with E-state index in [4.69, 9.17) is 18.9 Å². The average Bonchev–Trinajstić information content (AvgIpc) is 3.66. The van der Waals surface area contributed by atoms with Gasteiger partial charge in [0.2, 0.25) is 0 Å². The van der Waals surface area contributed by atoms with Gasteiger partial charge in [0, 0.05) is 5.41 Å². The van der Waals surface area contributed by atoms with Gasteiger partial charge in [-0.3, -0.25) is 0 Å². The fourth-order valence-corrected chi connectivity index (χ4v) is 5.21. The Bertz CT molecular complexity index is 765. The van der Waals surface area contributed by atoms with Gasteiger partial charge in [-0.15, -0.1) is 0 Å². The molecule has 3 aliphatic rings. The van der Waals surface area contributed by atoms with Crippen molar-refractivity contribution in [3.8, 4) is 11.5 Å². The number of benzene rings is 2. The lowest BCUT2D eigenvalue weighted by Gasteiger charge is -2.44. The van der Waals surface area contributed by atoms with Crippen LogP contribution >= 0.6 is 0 Å². The van der Waals surface area contributed by atoms with Gasteiger partial charge in [0.15, 0.2) is 0 Å². The Morgan fingerprint density at radius 1 is 0.733 bits per heavy atom. The zero-order valence-corrected chi connectivity index (χ0v) is 18.0. The standard InChI is InChI=1S/C26H32O4/c1-18-11-19(2)13-26(12-18,20-3-7-22(8-4-20)27-14-24-16-29-24)21-5-9-23(10-6-21)28-15-25-17-30-25/h3-10,18-19,24-25H,11-17H2,1-2H3. The first kappa shape index (κ1) is 19.9. The zero-order chi connectivity index (χ0) is 20.6. The molecule has 1 aliphatic carbocycles. The van der Waals surface area contributed by atoms with E-state index < -0.39 is 0 Å². The molecule has 4 nitrogen and oxygen atoms in total. The molecular formula is C26H32O4. The molecule has 0 spiro atoms. The second-order valence-corrected chi connectivity index (χ2v) is 9.52. The molecular weight excluding hydrogens is 376 g/mol. The summed E-state index contributed by atoms with van der Waals surface area (Å²) in [7, 11) is 0. The third-order valence-electron chi connectivity index (χ3n) is 6.69. The lowest BCUT2D eigenvalue weighted by atomic mass is 9.60. The molecule has 0 radical (unpaired) electrons. The van der Waals surface area contributed by atoms with Gasteiger partial charge in [0.25, 0.3) is 0 Å². The summed E-state index contributed by atoms with van der Waals surface area (Å²) in [5, 5.41) is 0. The minimum Gasteiger partial charge on any atom is -0.491 e. The maximum absolute atomic E-state index is 5.87. The van der Waals surface area contributed by atoms with Crippen molar-refractivity contribution >= 4 is 0 Å². The van der Waals surface area contributed by atoms with E-state index in [1.165, 1.54) is 30.4 Å². The first-order valence-corrected chi connectivity index (χ1v) is 11.3. The topological polar surface area (TPSA) is 43.5 Å². The molecule has 2 aromatic rings. The van der Waals surface area contributed by atoms with Gasteiger partial charge < -0.3 is 18.9 Å². The Labute approximate surface area is 179 Å². The van der Waals surface area contributed by atoms with Crippen LogP contribution in [0.25, 0.3) is 0 Å². The van der Waals surface area contributed by atoms with E-state index in [-0.39, 0.29) is 17.6 Å². The maximum Gasteiger partial charge on any atom is 0.119 e. The van der Waals surface area contributed by atoms with E-state index in [1.807, 2.05) is 0 Å². The molecule has 1 saturated carbocycles. The number of ether oxygens (including phenoxy) is 4. The molecule has 0 N–H and O–H groups in total. The van der Waals surface area contributed by atoms with Crippen LogP contribution in [0.2, 0.25) is 0 Å². The van der Waals surface area contributed by atoms with E-state index in [0.29, 0.717) is 25.0 Å².